The molecule has 1 aromatic heterocycles. The monoisotopic (exact) mass is 530 g/mol. The molecular weight excluding hydrogens is 494 g/mol. The molecule has 2 unspecified atom stereocenters. The second-order valence-electron chi connectivity index (χ2n) is 9.31. The van der Waals surface area contributed by atoms with Crippen LogP contribution in [0.25, 0.3) is 4.85 Å². The summed E-state index contributed by atoms with van der Waals surface area (Å²) in [6, 6.07) is 0.242. The van der Waals surface area contributed by atoms with Gasteiger partial charge in [0.05, 0.1) is 12.8 Å². The van der Waals surface area contributed by atoms with Crippen LogP contribution in [0.15, 0.2) is 15.8 Å². The standard InChI is InChI=1S/C23H36FN4O7P/c1-8-23(9-2)34-18-17(13-32-36(31-11-10-25-7)28(14(3)4)15(5)6)33-21(19(18)35-23)27-12-16(24)20(29)26-22(27)30/h12,14-15,17-19,21H,8-11,13H2,1-6H3,(H,26,29,30)/t17-,18+,19?,21-,36?/m1/s1. The molecule has 0 radical (unpaired) electrons. The van der Waals surface area contributed by atoms with Crippen molar-refractivity contribution >= 4 is 8.53 Å². The van der Waals surface area contributed by atoms with Crippen LogP contribution in [-0.4, -0.2) is 70.2 Å². The van der Waals surface area contributed by atoms with E-state index in [4.69, 9.17) is 29.8 Å². The molecule has 0 aliphatic carbocycles. The number of halogens is 1. The molecule has 3 rings (SSSR count). The van der Waals surface area contributed by atoms with Crippen molar-refractivity contribution in [2.45, 2.75) is 96.8 Å². The Balaban J connectivity index is 1.87. The Kier molecular flexibility index (Phi) is 9.80. The number of H-pyrrole nitrogens is 1. The Labute approximate surface area is 211 Å². The quantitative estimate of drug-likeness (QED) is 0.249. The maximum absolute atomic E-state index is 14.1. The Hall–Kier alpha value is -1.71. The van der Waals surface area contributed by atoms with Gasteiger partial charge in [-0.15, -0.1) is 0 Å². The number of rotatable bonds is 12. The first-order valence-electron chi connectivity index (χ1n) is 12.3. The minimum atomic E-state index is -1.53. The molecule has 2 fully saturated rings. The summed E-state index contributed by atoms with van der Waals surface area (Å²) in [7, 11) is -1.53. The van der Waals surface area contributed by atoms with Crippen molar-refractivity contribution in [3.8, 4) is 0 Å². The van der Waals surface area contributed by atoms with Crippen LogP contribution in [0.4, 0.5) is 4.39 Å². The molecule has 2 aliphatic rings. The maximum atomic E-state index is 14.1. The number of fused-ring (bicyclic) bond motifs is 1. The number of hydrogen-bond donors (Lipinski definition) is 1. The van der Waals surface area contributed by atoms with Crippen LogP contribution < -0.4 is 11.2 Å². The average molecular weight is 531 g/mol. The summed E-state index contributed by atoms with van der Waals surface area (Å²) >= 11 is 0. The van der Waals surface area contributed by atoms with Gasteiger partial charge in [0.1, 0.15) is 24.9 Å². The zero-order chi connectivity index (χ0) is 26.6. The van der Waals surface area contributed by atoms with Crippen LogP contribution >= 0.6 is 8.53 Å². The van der Waals surface area contributed by atoms with Gasteiger partial charge in [0.15, 0.2) is 12.0 Å². The zero-order valence-electron chi connectivity index (χ0n) is 21.6. The minimum absolute atomic E-state index is 0.0603. The number of aromatic amines is 1. The highest BCUT2D eigenvalue weighted by Gasteiger charge is 2.58. The molecule has 0 aromatic carbocycles. The SMILES string of the molecule is [C-]#[N+]CCOP(OC[C@H]1O[C@@H](n2cc(F)c(=O)[nH]c2=O)C2OC(CC)(CC)O[C@H]21)N(C(C)C)C(C)C. The molecule has 0 bridgehead atoms. The third-order valence-corrected chi connectivity index (χ3v) is 8.34. The van der Waals surface area contributed by atoms with Gasteiger partial charge in [0.2, 0.25) is 12.4 Å². The number of nitrogens with one attached hydrogen (secondary N) is 1. The normalized spacial score (nSPS) is 26.0. The lowest BCUT2D eigenvalue weighted by Gasteiger charge is -2.36. The van der Waals surface area contributed by atoms with Gasteiger partial charge in [-0.05, 0) is 40.5 Å². The van der Waals surface area contributed by atoms with Crippen LogP contribution in [-0.2, 0) is 23.3 Å². The van der Waals surface area contributed by atoms with Crippen molar-refractivity contribution < 1.29 is 27.6 Å². The fourth-order valence-corrected chi connectivity index (χ4v) is 6.14. The van der Waals surface area contributed by atoms with Crippen molar-refractivity contribution in [3.05, 3.63) is 44.3 Å². The van der Waals surface area contributed by atoms with E-state index in [0.717, 1.165) is 10.8 Å². The maximum Gasteiger partial charge on any atom is 0.330 e. The summed E-state index contributed by atoms with van der Waals surface area (Å²) < 4.78 is 48.1. The topological polar surface area (TPSA) is 109 Å². The van der Waals surface area contributed by atoms with Crippen LogP contribution in [0, 0.1) is 12.4 Å². The summed E-state index contributed by atoms with van der Waals surface area (Å²) in [6.07, 6.45) is -1.04. The molecule has 2 saturated heterocycles. The molecule has 0 saturated carbocycles. The molecule has 2 aliphatic heterocycles. The summed E-state index contributed by atoms with van der Waals surface area (Å²) in [6.45, 7) is 19.6. The van der Waals surface area contributed by atoms with E-state index in [1.54, 1.807) is 0 Å². The van der Waals surface area contributed by atoms with E-state index in [-0.39, 0.29) is 31.8 Å². The second kappa shape index (κ2) is 12.2. The van der Waals surface area contributed by atoms with Gasteiger partial charge in [0, 0.05) is 12.1 Å². The van der Waals surface area contributed by atoms with Crippen molar-refractivity contribution in [1.29, 1.82) is 0 Å². The molecule has 202 valence electrons. The first-order valence-corrected chi connectivity index (χ1v) is 13.4. The number of ether oxygens (including phenoxy) is 3. The van der Waals surface area contributed by atoms with Crippen molar-refractivity contribution in [2.75, 3.05) is 19.8 Å². The number of nitrogens with zero attached hydrogens (tertiary/aromatic N) is 3. The van der Waals surface area contributed by atoms with Gasteiger partial charge < -0.3 is 28.1 Å². The molecule has 1 N–H and O–H groups in total. The fourth-order valence-electron chi connectivity index (χ4n) is 4.54. The largest absolute Gasteiger partial charge is 0.346 e. The highest BCUT2D eigenvalue weighted by Crippen LogP contribution is 2.49. The number of hydrogen-bond acceptors (Lipinski definition) is 8. The van der Waals surface area contributed by atoms with Crippen LogP contribution in [0.5, 0.6) is 0 Å². The lowest BCUT2D eigenvalue weighted by Crippen LogP contribution is -2.39. The van der Waals surface area contributed by atoms with Crippen molar-refractivity contribution in [1.82, 2.24) is 14.2 Å². The Morgan fingerprint density at radius 1 is 1.19 bits per heavy atom. The predicted octanol–water partition coefficient (Wildman–Crippen LogP) is 3.17. The van der Waals surface area contributed by atoms with Gasteiger partial charge in [-0.25, -0.2) is 16.0 Å². The lowest BCUT2D eigenvalue weighted by atomic mass is 10.1. The molecule has 13 heteroatoms. The Morgan fingerprint density at radius 3 is 2.42 bits per heavy atom. The summed E-state index contributed by atoms with van der Waals surface area (Å²) in [4.78, 5) is 29.4. The zero-order valence-corrected chi connectivity index (χ0v) is 22.5. The van der Waals surface area contributed by atoms with E-state index in [2.05, 4.69) is 9.52 Å². The molecular formula is C23H36FN4O7P. The fraction of sp³-hybridized carbons (Fsp3) is 0.783. The first-order chi connectivity index (χ1) is 17.1. The van der Waals surface area contributed by atoms with E-state index in [1.165, 1.54) is 0 Å². The third kappa shape index (κ3) is 6.05. The molecule has 36 heavy (non-hydrogen) atoms. The van der Waals surface area contributed by atoms with Gasteiger partial charge in [-0.1, -0.05) is 13.8 Å². The molecule has 0 amide bonds. The second-order valence-corrected chi connectivity index (χ2v) is 10.8. The summed E-state index contributed by atoms with van der Waals surface area (Å²) in [5.74, 6) is -1.98. The molecule has 3 heterocycles. The van der Waals surface area contributed by atoms with E-state index in [0.29, 0.717) is 12.8 Å². The summed E-state index contributed by atoms with van der Waals surface area (Å²) in [5.41, 5.74) is -1.91. The highest BCUT2D eigenvalue weighted by molar-refractivity contribution is 7.44. The van der Waals surface area contributed by atoms with E-state index >= 15 is 0 Å². The van der Waals surface area contributed by atoms with Gasteiger partial charge in [0.25, 0.3) is 14.1 Å². The average Bonchev–Trinajstić information content (AvgIpc) is 3.36. The first kappa shape index (κ1) is 28.9. The third-order valence-electron chi connectivity index (χ3n) is 6.26. The van der Waals surface area contributed by atoms with E-state index in [9.17, 15) is 14.0 Å². The van der Waals surface area contributed by atoms with Gasteiger partial charge in [-0.2, -0.15) is 4.39 Å². The Morgan fingerprint density at radius 2 is 1.83 bits per heavy atom. The molecule has 5 atom stereocenters. The molecule has 0 spiro atoms. The predicted molar refractivity (Wildman–Crippen MR) is 131 cm³/mol. The summed E-state index contributed by atoms with van der Waals surface area (Å²) in [5, 5.41) is 0. The van der Waals surface area contributed by atoms with E-state index < -0.39 is 55.9 Å². The molecule has 11 nitrogen and oxygen atoms in total. The lowest BCUT2D eigenvalue weighted by molar-refractivity contribution is -0.222. The van der Waals surface area contributed by atoms with Crippen LogP contribution in [0.1, 0.15) is 60.6 Å². The minimum Gasteiger partial charge on any atom is -0.346 e. The number of aromatic nitrogens is 2. The Bertz CT molecular complexity index is 1030. The smallest absolute Gasteiger partial charge is 0.330 e. The van der Waals surface area contributed by atoms with E-state index in [1.807, 2.05) is 46.5 Å². The highest BCUT2D eigenvalue weighted by atomic mass is 31.2. The van der Waals surface area contributed by atoms with Crippen molar-refractivity contribution in [3.63, 3.8) is 0 Å². The van der Waals surface area contributed by atoms with Crippen LogP contribution in [0.3, 0.4) is 0 Å². The van der Waals surface area contributed by atoms with Crippen molar-refractivity contribution in [2.24, 2.45) is 0 Å². The van der Waals surface area contributed by atoms with Gasteiger partial charge >= 0.3 is 5.69 Å². The molecule has 1 aromatic rings. The van der Waals surface area contributed by atoms with Gasteiger partial charge in [-0.3, -0.25) is 14.3 Å². The van der Waals surface area contributed by atoms with Crippen LogP contribution in [0.2, 0.25) is 0 Å².